The molecule has 3 aromatic rings. The number of amides is 4. The van der Waals surface area contributed by atoms with E-state index >= 15 is 0 Å². The van der Waals surface area contributed by atoms with Crippen molar-refractivity contribution in [2.75, 3.05) is 6.54 Å². The molecule has 58 heavy (non-hydrogen) atoms. The summed E-state index contributed by atoms with van der Waals surface area (Å²) >= 11 is 0. The quantitative estimate of drug-likeness (QED) is 0.186. The van der Waals surface area contributed by atoms with Crippen molar-refractivity contribution in [1.82, 2.24) is 20.4 Å². The molecule has 4 amide bonds. The number of carbonyl (C=O) groups is 4. The van der Waals surface area contributed by atoms with Crippen LogP contribution in [-0.4, -0.2) is 75.0 Å². The van der Waals surface area contributed by atoms with Crippen LogP contribution < -0.4 is 10.6 Å². The molecule has 0 spiro atoms. The van der Waals surface area contributed by atoms with Gasteiger partial charge in [-0.15, -0.1) is 0 Å². The predicted molar refractivity (Wildman–Crippen MR) is 217 cm³/mol. The van der Waals surface area contributed by atoms with Gasteiger partial charge in [0.1, 0.15) is 12.6 Å². The molecule has 3 aliphatic heterocycles. The zero-order valence-electron chi connectivity index (χ0n) is 34.1. The highest BCUT2D eigenvalue weighted by Gasteiger charge is 2.46. The Morgan fingerprint density at radius 1 is 0.845 bits per heavy atom. The Morgan fingerprint density at radius 2 is 1.53 bits per heavy atom. The third kappa shape index (κ3) is 9.80. The molecule has 12 nitrogen and oxygen atoms in total. The van der Waals surface area contributed by atoms with Gasteiger partial charge in [0.25, 0.3) is 5.91 Å². The third-order valence-corrected chi connectivity index (χ3v) is 12.2. The highest BCUT2D eigenvalue weighted by Crippen LogP contribution is 2.44. The summed E-state index contributed by atoms with van der Waals surface area (Å²) in [5, 5.41) is 15.5. The van der Waals surface area contributed by atoms with Crippen LogP contribution in [0.2, 0.25) is 0 Å². The van der Waals surface area contributed by atoms with Crippen molar-refractivity contribution >= 4 is 23.8 Å². The molecule has 3 aromatic carbocycles. The molecule has 4 aliphatic rings. The van der Waals surface area contributed by atoms with Crippen molar-refractivity contribution in [3.63, 3.8) is 0 Å². The van der Waals surface area contributed by atoms with Gasteiger partial charge in [-0.05, 0) is 74.6 Å². The van der Waals surface area contributed by atoms with E-state index in [0.29, 0.717) is 18.5 Å². The van der Waals surface area contributed by atoms with E-state index in [1.165, 1.54) is 12.8 Å². The first-order chi connectivity index (χ1) is 27.9. The number of likely N-dealkylation sites (tertiary alicyclic amines) is 2. The molecule has 1 saturated carbocycles. The first-order valence-electron chi connectivity index (χ1n) is 20.9. The normalized spacial score (nSPS) is 27.8. The molecule has 7 rings (SSSR count). The monoisotopic (exact) mass is 794 g/mol. The van der Waals surface area contributed by atoms with Crippen LogP contribution in [0.15, 0.2) is 78.9 Å². The largest absolute Gasteiger partial charge is 0.445 e. The number of carbonyl (C=O) groups excluding carboxylic acids is 4. The van der Waals surface area contributed by atoms with E-state index in [9.17, 15) is 24.3 Å². The number of aliphatic hydroxyl groups is 1. The number of rotatable bonds is 11. The van der Waals surface area contributed by atoms with Gasteiger partial charge in [0, 0.05) is 29.6 Å². The average molecular weight is 795 g/mol. The van der Waals surface area contributed by atoms with Crippen LogP contribution in [0.25, 0.3) is 0 Å². The van der Waals surface area contributed by atoms with Gasteiger partial charge >= 0.3 is 6.09 Å². The van der Waals surface area contributed by atoms with Crippen LogP contribution in [0.3, 0.4) is 0 Å². The molecule has 12 heteroatoms. The predicted octanol–water partition coefficient (Wildman–Crippen LogP) is 6.46. The molecule has 310 valence electrons. The lowest BCUT2D eigenvalue weighted by molar-refractivity contribution is -0.278. The fourth-order valence-corrected chi connectivity index (χ4v) is 9.10. The second kappa shape index (κ2) is 18.1. The van der Waals surface area contributed by atoms with E-state index in [1.54, 1.807) is 0 Å². The highest BCUT2D eigenvalue weighted by molar-refractivity contribution is 6.06. The van der Waals surface area contributed by atoms with Gasteiger partial charge in [0.05, 0.1) is 37.8 Å². The number of piperidine rings is 1. The third-order valence-electron chi connectivity index (χ3n) is 12.2. The number of aliphatic hydroxyl groups excluding tert-OH is 1. The Balaban J connectivity index is 1.07. The van der Waals surface area contributed by atoms with Crippen LogP contribution in [-0.2, 0) is 48.4 Å². The van der Waals surface area contributed by atoms with Crippen molar-refractivity contribution in [2.24, 2.45) is 11.8 Å². The topological polar surface area (TPSA) is 147 Å². The molecule has 0 aromatic heterocycles. The minimum atomic E-state index is -0.996. The summed E-state index contributed by atoms with van der Waals surface area (Å²) in [4.78, 5) is 56.2. The average Bonchev–Trinajstić information content (AvgIpc) is 3.47. The van der Waals surface area contributed by atoms with Gasteiger partial charge in [-0.1, -0.05) is 98.6 Å². The first-order valence-corrected chi connectivity index (χ1v) is 20.9. The van der Waals surface area contributed by atoms with Crippen LogP contribution in [0.4, 0.5) is 4.79 Å². The zero-order valence-corrected chi connectivity index (χ0v) is 34.1. The van der Waals surface area contributed by atoms with E-state index in [4.69, 9.17) is 14.2 Å². The molecule has 3 heterocycles. The lowest BCUT2D eigenvalue weighted by Gasteiger charge is -2.51. The van der Waals surface area contributed by atoms with E-state index in [-0.39, 0.29) is 67.7 Å². The number of ether oxygens (including phenoxy) is 3. The standard InChI is InChI=1S/C46H58N4O8/c1-29-39(26-49-37-13-9-8-12-33(37)22-23-38(49)42(53)48-46(2,3)4)57-44(58-41(29)34-18-16-31(27-51)17-19-34)35-20-14-30(15-21-35)25-50-40(52)24-36(43(50)54)47-45(55)56-28-32-10-6-5-7-11-32/h5-7,10-11,14-21,29,33,36-39,41,44,51H,8-9,12-13,22-28H2,1-4H3,(H,47,55)(H,48,53). The minimum absolute atomic E-state index is 0.0509. The molecule has 8 unspecified atom stereocenters. The molecule has 1 aliphatic carbocycles. The van der Waals surface area contributed by atoms with Crippen LogP contribution >= 0.6 is 0 Å². The van der Waals surface area contributed by atoms with E-state index in [2.05, 4.69) is 22.5 Å². The van der Waals surface area contributed by atoms with Crippen molar-refractivity contribution < 1.29 is 38.5 Å². The number of hydrogen-bond acceptors (Lipinski definition) is 9. The molecule has 3 saturated heterocycles. The van der Waals surface area contributed by atoms with Crippen LogP contribution in [0.5, 0.6) is 0 Å². The van der Waals surface area contributed by atoms with Crippen molar-refractivity contribution in [3.8, 4) is 0 Å². The van der Waals surface area contributed by atoms with Gasteiger partial charge in [0.15, 0.2) is 6.29 Å². The van der Waals surface area contributed by atoms with Gasteiger partial charge in [0.2, 0.25) is 11.8 Å². The SMILES string of the molecule is CC1C(CN2C(C(=O)NC(C)(C)C)CCC3CCCCC32)OC(c2ccc(CN3C(=O)CC(NC(=O)OCc4ccccc4)C3=O)cc2)OC1c1ccc(CO)cc1. The maximum atomic E-state index is 13.9. The van der Waals surface area contributed by atoms with E-state index < -0.39 is 24.3 Å². The summed E-state index contributed by atoms with van der Waals surface area (Å²) in [6.45, 7) is 8.86. The summed E-state index contributed by atoms with van der Waals surface area (Å²) in [5.74, 6) is -0.291. The first kappa shape index (κ1) is 41.5. The molecular weight excluding hydrogens is 737 g/mol. The lowest BCUT2D eigenvalue weighted by Crippen LogP contribution is -2.61. The second-order valence-electron chi connectivity index (χ2n) is 17.5. The number of alkyl carbamates (subject to hydrolysis) is 1. The fourth-order valence-electron chi connectivity index (χ4n) is 9.10. The number of nitrogens with zero attached hydrogens (tertiary/aromatic N) is 2. The van der Waals surface area contributed by atoms with Crippen LogP contribution in [0, 0.1) is 11.8 Å². The second-order valence-corrected chi connectivity index (χ2v) is 17.5. The molecule has 0 radical (unpaired) electrons. The summed E-state index contributed by atoms with van der Waals surface area (Å²) in [7, 11) is 0. The van der Waals surface area contributed by atoms with Crippen molar-refractivity contribution in [2.45, 2.75) is 135 Å². The van der Waals surface area contributed by atoms with Crippen molar-refractivity contribution in [1.29, 1.82) is 0 Å². The zero-order chi connectivity index (χ0) is 41.0. The lowest BCUT2D eigenvalue weighted by atomic mass is 9.75. The molecular formula is C46H58N4O8. The van der Waals surface area contributed by atoms with Gasteiger partial charge < -0.3 is 30.0 Å². The maximum absolute atomic E-state index is 13.9. The van der Waals surface area contributed by atoms with Gasteiger partial charge in [-0.2, -0.15) is 0 Å². The number of nitrogens with one attached hydrogen (secondary N) is 2. The Bertz CT molecular complexity index is 1900. The summed E-state index contributed by atoms with van der Waals surface area (Å²) < 4.78 is 18.9. The van der Waals surface area contributed by atoms with Crippen LogP contribution in [0.1, 0.15) is 113 Å². The number of benzene rings is 3. The highest BCUT2D eigenvalue weighted by atomic mass is 16.7. The smallest absolute Gasteiger partial charge is 0.408 e. The van der Waals surface area contributed by atoms with E-state index in [1.807, 2.05) is 99.6 Å². The number of imide groups is 1. The molecule has 8 atom stereocenters. The summed E-state index contributed by atoms with van der Waals surface area (Å²) in [6.07, 6.45) is 4.27. The molecule has 0 bridgehead atoms. The van der Waals surface area contributed by atoms with Crippen molar-refractivity contribution in [3.05, 3.63) is 107 Å². The Labute approximate surface area is 341 Å². The van der Waals surface area contributed by atoms with E-state index in [0.717, 1.165) is 58.4 Å². The summed E-state index contributed by atoms with van der Waals surface area (Å²) in [6, 6.07) is 23.6. The molecule has 3 N–H and O–H groups in total. The number of fused-ring (bicyclic) bond motifs is 1. The Morgan fingerprint density at radius 3 is 2.24 bits per heavy atom. The summed E-state index contributed by atoms with van der Waals surface area (Å²) in [5.41, 5.74) is 3.78. The van der Waals surface area contributed by atoms with Gasteiger partial charge in [-0.25, -0.2) is 4.79 Å². The Hall–Kier alpha value is -4.62. The molecule has 4 fully saturated rings. The van der Waals surface area contributed by atoms with Gasteiger partial charge in [-0.3, -0.25) is 24.2 Å². The Kier molecular flexibility index (Phi) is 13.0. The fraction of sp³-hybridized carbons (Fsp3) is 0.522. The maximum Gasteiger partial charge on any atom is 0.408 e. The number of hydrogen-bond donors (Lipinski definition) is 3. The minimum Gasteiger partial charge on any atom is -0.445 e.